The Morgan fingerprint density at radius 2 is 1.58 bits per heavy atom. The Kier molecular flexibility index (Phi) is 4.26. The van der Waals surface area contributed by atoms with E-state index in [1.165, 1.54) is 33.5 Å². The van der Waals surface area contributed by atoms with E-state index in [-0.39, 0.29) is 0 Å². The largest absolute Gasteiger partial charge is 0.385 e. The minimum atomic E-state index is 0.970. The molecule has 0 heterocycles. The van der Waals surface area contributed by atoms with Crippen LogP contribution in [0.5, 0.6) is 0 Å². The Labute approximate surface area is 116 Å². The molecule has 2 aromatic carbocycles. The van der Waals surface area contributed by atoms with Crippen LogP contribution in [0.25, 0.3) is 0 Å². The second-order valence-electron chi connectivity index (χ2n) is 5.23. The average Bonchev–Trinajstić information content (AvgIpc) is 2.38. The molecule has 0 aromatic heterocycles. The summed E-state index contributed by atoms with van der Waals surface area (Å²) in [4.78, 5) is 0. The highest BCUT2D eigenvalue weighted by Crippen LogP contribution is 2.23. The van der Waals surface area contributed by atoms with E-state index >= 15 is 0 Å². The molecule has 0 saturated heterocycles. The van der Waals surface area contributed by atoms with E-state index in [1.54, 1.807) is 0 Å². The minimum Gasteiger partial charge on any atom is -0.385 e. The minimum absolute atomic E-state index is 0.970. The summed E-state index contributed by atoms with van der Waals surface area (Å²) in [6, 6.07) is 13.2. The van der Waals surface area contributed by atoms with E-state index < -0.39 is 0 Å². The zero-order chi connectivity index (χ0) is 13.8. The van der Waals surface area contributed by atoms with Crippen LogP contribution in [0.3, 0.4) is 0 Å². The van der Waals surface area contributed by atoms with Gasteiger partial charge in [-0.3, -0.25) is 0 Å². The first kappa shape index (κ1) is 13.7. The van der Waals surface area contributed by atoms with Gasteiger partial charge in [0.1, 0.15) is 0 Å². The number of rotatable bonds is 4. The van der Waals surface area contributed by atoms with Crippen molar-refractivity contribution in [1.29, 1.82) is 0 Å². The number of hydrogen-bond donors (Lipinski definition) is 1. The van der Waals surface area contributed by atoms with Gasteiger partial charge in [-0.05, 0) is 68.0 Å². The van der Waals surface area contributed by atoms with Crippen LogP contribution in [-0.4, -0.2) is 6.54 Å². The Balaban J connectivity index is 2.31. The van der Waals surface area contributed by atoms with Crippen LogP contribution in [0, 0.1) is 20.8 Å². The summed E-state index contributed by atoms with van der Waals surface area (Å²) in [5.74, 6) is 0. The molecule has 0 saturated carbocycles. The third kappa shape index (κ3) is 3.17. The Hall–Kier alpha value is -1.76. The van der Waals surface area contributed by atoms with Crippen LogP contribution in [0.1, 0.15) is 34.7 Å². The zero-order valence-electron chi connectivity index (χ0n) is 12.4. The maximum Gasteiger partial charge on any atom is 0.0372 e. The monoisotopic (exact) mass is 253 g/mol. The van der Waals surface area contributed by atoms with Crippen molar-refractivity contribution in [3.8, 4) is 0 Å². The van der Waals surface area contributed by atoms with E-state index in [4.69, 9.17) is 0 Å². The molecule has 0 radical (unpaired) electrons. The van der Waals surface area contributed by atoms with Gasteiger partial charge in [0.05, 0.1) is 0 Å². The van der Waals surface area contributed by atoms with Gasteiger partial charge in [0.15, 0.2) is 0 Å². The average molecular weight is 253 g/mol. The maximum atomic E-state index is 3.42. The maximum absolute atomic E-state index is 3.42. The molecule has 19 heavy (non-hydrogen) atoms. The fraction of sp³-hybridized carbons (Fsp3) is 0.333. The molecule has 1 nitrogen and oxygen atoms in total. The summed E-state index contributed by atoms with van der Waals surface area (Å²) in [6.07, 6.45) is 1.02. The summed E-state index contributed by atoms with van der Waals surface area (Å²) < 4.78 is 0. The first-order valence-electron chi connectivity index (χ1n) is 7.00. The topological polar surface area (TPSA) is 12.0 Å². The number of aryl methyl sites for hydroxylation is 3. The van der Waals surface area contributed by atoms with Gasteiger partial charge in [0, 0.05) is 12.2 Å². The van der Waals surface area contributed by atoms with Crippen molar-refractivity contribution < 1.29 is 0 Å². The molecule has 1 heteroatoms. The first-order chi connectivity index (χ1) is 9.11. The molecular weight excluding hydrogens is 230 g/mol. The van der Waals surface area contributed by atoms with Gasteiger partial charge in [0.25, 0.3) is 0 Å². The second kappa shape index (κ2) is 5.92. The van der Waals surface area contributed by atoms with Crippen molar-refractivity contribution in [2.45, 2.75) is 34.1 Å². The second-order valence-corrected chi connectivity index (χ2v) is 5.23. The van der Waals surface area contributed by atoms with Gasteiger partial charge >= 0.3 is 0 Å². The van der Waals surface area contributed by atoms with Crippen molar-refractivity contribution >= 4 is 5.69 Å². The number of nitrogens with one attached hydrogen (secondary N) is 1. The normalized spacial score (nSPS) is 10.5. The SMILES string of the molecule is CCNc1cc(C)c(Cc2ccccc2C)cc1C. The lowest BCUT2D eigenvalue weighted by Crippen LogP contribution is -2.02. The fourth-order valence-corrected chi connectivity index (χ4v) is 2.46. The predicted molar refractivity (Wildman–Crippen MR) is 84.1 cm³/mol. The standard InChI is InChI=1S/C18H23N/c1-5-19-18-11-14(3)17(10-15(18)4)12-16-9-7-6-8-13(16)2/h6-11,19H,5,12H2,1-4H3. The highest BCUT2D eigenvalue weighted by Gasteiger charge is 2.06. The number of hydrogen-bond acceptors (Lipinski definition) is 1. The van der Waals surface area contributed by atoms with Gasteiger partial charge in [-0.1, -0.05) is 30.3 Å². The molecule has 100 valence electrons. The third-order valence-corrected chi connectivity index (χ3v) is 3.69. The zero-order valence-corrected chi connectivity index (χ0v) is 12.4. The van der Waals surface area contributed by atoms with Crippen molar-refractivity contribution in [3.05, 3.63) is 64.2 Å². The summed E-state index contributed by atoms with van der Waals surface area (Å²) in [6.45, 7) is 9.67. The molecule has 1 N–H and O–H groups in total. The van der Waals surface area contributed by atoms with Crippen molar-refractivity contribution in [1.82, 2.24) is 0 Å². The highest BCUT2D eigenvalue weighted by atomic mass is 14.9. The van der Waals surface area contributed by atoms with E-state index in [0.717, 1.165) is 13.0 Å². The molecule has 0 aliphatic heterocycles. The molecule has 0 spiro atoms. The predicted octanol–water partition coefficient (Wildman–Crippen LogP) is 4.63. The lowest BCUT2D eigenvalue weighted by atomic mass is 9.95. The fourth-order valence-electron chi connectivity index (χ4n) is 2.46. The lowest BCUT2D eigenvalue weighted by molar-refractivity contribution is 1.11. The molecule has 0 unspecified atom stereocenters. The summed E-state index contributed by atoms with van der Waals surface area (Å²) in [5, 5.41) is 3.42. The van der Waals surface area contributed by atoms with Gasteiger partial charge < -0.3 is 5.32 Å². The van der Waals surface area contributed by atoms with Crippen molar-refractivity contribution in [3.63, 3.8) is 0 Å². The van der Waals surface area contributed by atoms with Crippen LogP contribution in [0.4, 0.5) is 5.69 Å². The summed E-state index contributed by atoms with van der Waals surface area (Å²) in [7, 11) is 0. The van der Waals surface area contributed by atoms with Crippen LogP contribution in [0.2, 0.25) is 0 Å². The number of benzene rings is 2. The molecule has 2 rings (SSSR count). The van der Waals surface area contributed by atoms with E-state index in [1.807, 2.05) is 0 Å². The van der Waals surface area contributed by atoms with Crippen LogP contribution in [0.15, 0.2) is 36.4 Å². The molecule has 0 bridgehead atoms. The molecule has 0 aliphatic carbocycles. The Morgan fingerprint density at radius 1 is 0.842 bits per heavy atom. The van der Waals surface area contributed by atoms with Crippen LogP contribution < -0.4 is 5.32 Å². The van der Waals surface area contributed by atoms with Gasteiger partial charge in [-0.25, -0.2) is 0 Å². The van der Waals surface area contributed by atoms with Crippen LogP contribution in [-0.2, 0) is 6.42 Å². The molecule has 2 aromatic rings. The van der Waals surface area contributed by atoms with Gasteiger partial charge in [0.2, 0.25) is 0 Å². The molecule has 0 amide bonds. The van der Waals surface area contributed by atoms with Crippen molar-refractivity contribution in [2.24, 2.45) is 0 Å². The Morgan fingerprint density at radius 3 is 2.26 bits per heavy atom. The third-order valence-electron chi connectivity index (χ3n) is 3.69. The summed E-state index contributed by atoms with van der Waals surface area (Å²) in [5.41, 5.74) is 8.17. The van der Waals surface area contributed by atoms with Gasteiger partial charge in [-0.2, -0.15) is 0 Å². The summed E-state index contributed by atoms with van der Waals surface area (Å²) >= 11 is 0. The van der Waals surface area contributed by atoms with Crippen LogP contribution >= 0.6 is 0 Å². The smallest absolute Gasteiger partial charge is 0.0372 e. The first-order valence-corrected chi connectivity index (χ1v) is 7.00. The molecule has 0 aliphatic rings. The van der Waals surface area contributed by atoms with Gasteiger partial charge in [-0.15, -0.1) is 0 Å². The highest BCUT2D eigenvalue weighted by molar-refractivity contribution is 5.55. The van der Waals surface area contributed by atoms with E-state index in [2.05, 4.69) is 69.4 Å². The quantitative estimate of drug-likeness (QED) is 0.837. The van der Waals surface area contributed by atoms with Crippen molar-refractivity contribution in [2.75, 3.05) is 11.9 Å². The van der Waals surface area contributed by atoms with E-state index in [9.17, 15) is 0 Å². The molecular formula is C18H23N. The van der Waals surface area contributed by atoms with E-state index in [0.29, 0.717) is 0 Å². The molecule has 0 fully saturated rings. The lowest BCUT2D eigenvalue weighted by Gasteiger charge is -2.14. The Bertz CT molecular complexity index is 570. The molecule has 0 atom stereocenters. The number of anilines is 1.